The predicted octanol–water partition coefficient (Wildman–Crippen LogP) is 5.18. The second-order valence-corrected chi connectivity index (χ2v) is 10.1. The maximum absolute atomic E-state index is 12.6. The number of nitrogens with one attached hydrogen (secondary N) is 1. The number of hydrogen-bond acceptors (Lipinski definition) is 6. The van der Waals surface area contributed by atoms with Gasteiger partial charge in [-0.15, -0.1) is 11.3 Å². The highest BCUT2D eigenvalue weighted by atomic mass is 35.5. The van der Waals surface area contributed by atoms with Gasteiger partial charge < -0.3 is 0 Å². The monoisotopic (exact) mass is 421 g/mol. The van der Waals surface area contributed by atoms with Crippen LogP contribution >= 0.6 is 34.3 Å². The molecule has 26 heavy (non-hydrogen) atoms. The molecule has 0 saturated carbocycles. The highest BCUT2D eigenvalue weighted by molar-refractivity contribution is 7.94. The number of halogens is 1. The van der Waals surface area contributed by atoms with Gasteiger partial charge in [0.25, 0.3) is 10.0 Å². The van der Waals surface area contributed by atoms with Crippen molar-refractivity contribution in [2.45, 2.75) is 11.1 Å². The van der Waals surface area contributed by atoms with Crippen LogP contribution in [-0.4, -0.2) is 18.4 Å². The molecular weight excluding hydrogens is 410 g/mol. The number of nitrogens with zero attached hydrogens (tertiary/aromatic N) is 2. The van der Waals surface area contributed by atoms with Crippen LogP contribution in [0.1, 0.15) is 5.56 Å². The van der Waals surface area contributed by atoms with Crippen molar-refractivity contribution in [1.82, 2.24) is 9.97 Å². The minimum Gasteiger partial charge on any atom is -0.279 e. The molecule has 9 heteroatoms. The Balaban J connectivity index is 1.74. The number of thiophene rings is 1. The quantitative estimate of drug-likeness (QED) is 0.492. The summed E-state index contributed by atoms with van der Waals surface area (Å²) in [5, 5.41) is 0.802. The van der Waals surface area contributed by atoms with Crippen molar-refractivity contribution in [3.05, 3.63) is 58.6 Å². The van der Waals surface area contributed by atoms with Gasteiger partial charge in [-0.05, 0) is 42.8 Å². The topological polar surface area (TPSA) is 72.0 Å². The predicted molar refractivity (Wildman–Crippen MR) is 108 cm³/mol. The summed E-state index contributed by atoms with van der Waals surface area (Å²) >= 11 is 8.35. The summed E-state index contributed by atoms with van der Waals surface area (Å²) in [6.45, 7) is 1.87. The molecule has 132 valence electrons. The molecular formula is C17H12ClN3O2S3. The second-order valence-electron chi connectivity index (χ2n) is 5.49. The maximum Gasteiger partial charge on any atom is 0.271 e. The SMILES string of the molecule is Cc1c(NS(=O)(=O)c2ccc(Cl)s2)cccc1-c1nc2cccnc2s1. The van der Waals surface area contributed by atoms with Crippen LogP contribution in [0.25, 0.3) is 20.9 Å². The fourth-order valence-electron chi connectivity index (χ4n) is 2.50. The summed E-state index contributed by atoms with van der Waals surface area (Å²) in [4.78, 5) is 9.77. The Labute approximate surface area is 163 Å². The number of hydrogen-bond donors (Lipinski definition) is 1. The largest absolute Gasteiger partial charge is 0.279 e. The van der Waals surface area contributed by atoms with Crippen molar-refractivity contribution >= 4 is 60.3 Å². The summed E-state index contributed by atoms with van der Waals surface area (Å²) in [5.74, 6) is 0. The van der Waals surface area contributed by atoms with Crippen LogP contribution in [0.4, 0.5) is 5.69 Å². The van der Waals surface area contributed by atoms with Gasteiger partial charge in [0.15, 0.2) is 0 Å². The third kappa shape index (κ3) is 3.21. The number of pyridine rings is 1. The molecule has 1 N–H and O–H groups in total. The molecule has 3 heterocycles. The molecule has 3 aromatic heterocycles. The van der Waals surface area contributed by atoms with E-state index in [4.69, 9.17) is 11.6 Å². The normalized spacial score (nSPS) is 11.8. The van der Waals surface area contributed by atoms with Gasteiger partial charge in [-0.3, -0.25) is 4.72 Å². The van der Waals surface area contributed by atoms with E-state index < -0.39 is 10.0 Å². The lowest BCUT2D eigenvalue weighted by atomic mass is 10.1. The van der Waals surface area contributed by atoms with E-state index in [1.54, 1.807) is 24.4 Å². The molecule has 0 amide bonds. The fourth-order valence-corrected chi connectivity index (χ4v) is 6.10. The van der Waals surface area contributed by atoms with Crippen molar-refractivity contribution in [2.75, 3.05) is 4.72 Å². The molecule has 0 atom stereocenters. The third-order valence-corrected chi connectivity index (χ3v) is 7.89. The second kappa shape index (κ2) is 6.62. The van der Waals surface area contributed by atoms with Crippen LogP contribution < -0.4 is 4.72 Å². The number of aromatic nitrogens is 2. The van der Waals surface area contributed by atoms with Crippen molar-refractivity contribution in [1.29, 1.82) is 0 Å². The van der Waals surface area contributed by atoms with E-state index in [9.17, 15) is 8.42 Å². The van der Waals surface area contributed by atoms with Gasteiger partial charge in [-0.1, -0.05) is 35.1 Å². The van der Waals surface area contributed by atoms with Crippen molar-refractivity contribution in [3.8, 4) is 10.6 Å². The number of thiazole rings is 1. The Morgan fingerprint density at radius 2 is 1.92 bits per heavy atom. The zero-order chi connectivity index (χ0) is 18.3. The maximum atomic E-state index is 12.6. The number of fused-ring (bicyclic) bond motifs is 1. The molecule has 0 aliphatic heterocycles. The molecule has 0 unspecified atom stereocenters. The highest BCUT2D eigenvalue weighted by Gasteiger charge is 2.19. The lowest BCUT2D eigenvalue weighted by Crippen LogP contribution is -2.12. The Hall–Kier alpha value is -2.00. The van der Waals surface area contributed by atoms with Gasteiger partial charge in [-0.2, -0.15) is 0 Å². The summed E-state index contributed by atoms with van der Waals surface area (Å²) in [5.41, 5.74) is 3.01. The molecule has 5 nitrogen and oxygen atoms in total. The van der Waals surface area contributed by atoms with Gasteiger partial charge in [0, 0.05) is 11.8 Å². The van der Waals surface area contributed by atoms with Crippen LogP contribution in [0.3, 0.4) is 0 Å². The number of benzene rings is 1. The average molecular weight is 422 g/mol. The van der Waals surface area contributed by atoms with E-state index in [1.165, 1.54) is 17.4 Å². The molecule has 0 saturated heterocycles. The lowest BCUT2D eigenvalue weighted by Gasteiger charge is -2.11. The molecule has 4 aromatic rings. The molecule has 0 aliphatic rings. The number of anilines is 1. The molecule has 0 aliphatic carbocycles. The molecule has 0 spiro atoms. The summed E-state index contributed by atoms with van der Waals surface area (Å²) in [6, 6.07) is 12.3. The smallest absolute Gasteiger partial charge is 0.271 e. The average Bonchev–Trinajstić information content (AvgIpc) is 3.23. The van der Waals surface area contributed by atoms with Crippen LogP contribution in [-0.2, 0) is 10.0 Å². The van der Waals surface area contributed by atoms with Crippen molar-refractivity contribution in [3.63, 3.8) is 0 Å². The fraction of sp³-hybridized carbons (Fsp3) is 0.0588. The van der Waals surface area contributed by atoms with Crippen LogP contribution in [0.2, 0.25) is 4.34 Å². The Morgan fingerprint density at radius 3 is 2.65 bits per heavy atom. The van der Waals surface area contributed by atoms with Gasteiger partial charge in [0.1, 0.15) is 19.6 Å². The first-order chi connectivity index (χ1) is 12.4. The highest BCUT2D eigenvalue weighted by Crippen LogP contribution is 2.35. The van der Waals surface area contributed by atoms with Gasteiger partial charge in [-0.25, -0.2) is 18.4 Å². The first kappa shape index (κ1) is 17.4. The van der Waals surface area contributed by atoms with E-state index in [2.05, 4.69) is 14.7 Å². The summed E-state index contributed by atoms with van der Waals surface area (Å²) in [6.07, 6.45) is 1.73. The molecule has 0 fully saturated rings. The Bertz CT molecular complexity index is 1180. The number of rotatable bonds is 4. The van der Waals surface area contributed by atoms with Gasteiger partial charge >= 0.3 is 0 Å². The van der Waals surface area contributed by atoms with Crippen molar-refractivity contribution in [2.24, 2.45) is 0 Å². The minimum atomic E-state index is -3.68. The zero-order valence-corrected chi connectivity index (χ0v) is 16.6. The Kier molecular flexibility index (Phi) is 4.44. The van der Waals surface area contributed by atoms with E-state index in [0.717, 1.165) is 37.8 Å². The van der Waals surface area contributed by atoms with Gasteiger partial charge in [0.05, 0.1) is 10.0 Å². The molecule has 1 aromatic carbocycles. The summed E-state index contributed by atoms with van der Waals surface area (Å²) in [7, 11) is -3.68. The summed E-state index contributed by atoms with van der Waals surface area (Å²) < 4.78 is 28.4. The lowest BCUT2D eigenvalue weighted by molar-refractivity contribution is 0.603. The van der Waals surface area contributed by atoms with E-state index in [0.29, 0.717) is 10.0 Å². The minimum absolute atomic E-state index is 0.177. The zero-order valence-electron chi connectivity index (χ0n) is 13.4. The molecule has 0 bridgehead atoms. The van der Waals surface area contributed by atoms with Crippen LogP contribution in [0.5, 0.6) is 0 Å². The Morgan fingerprint density at radius 1 is 1.08 bits per heavy atom. The first-order valence-corrected chi connectivity index (χ1v) is 11.0. The van der Waals surface area contributed by atoms with Gasteiger partial charge in [0.2, 0.25) is 0 Å². The van der Waals surface area contributed by atoms with E-state index >= 15 is 0 Å². The molecule has 0 radical (unpaired) electrons. The van der Waals surface area contributed by atoms with Crippen LogP contribution in [0, 0.1) is 6.92 Å². The first-order valence-electron chi connectivity index (χ1n) is 7.54. The molecule has 4 rings (SSSR count). The van der Waals surface area contributed by atoms with E-state index in [-0.39, 0.29) is 4.21 Å². The number of sulfonamides is 1. The van der Waals surface area contributed by atoms with Crippen LogP contribution in [0.15, 0.2) is 52.9 Å². The third-order valence-electron chi connectivity index (χ3n) is 3.79. The van der Waals surface area contributed by atoms with E-state index in [1.807, 2.05) is 25.1 Å². The van der Waals surface area contributed by atoms with Crippen molar-refractivity contribution < 1.29 is 8.42 Å². The standard InChI is InChI=1S/C17H12ClN3O2S3/c1-10-11(16-20-13-6-3-9-19-17(13)25-16)4-2-5-12(10)21-26(22,23)15-8-7-14(18)24-15/h2-9,21H,1H3.